The van der Waals surface area contributed by atoms with Gasteiger partial charge in [0.2, 0.25) is 0 Å². The van der Waals surface area contributed by atoms with Gasteiger partial charge in [-0.25, -0.2) is 0 Å². The highest BCUT2D eigenvalue weighted by Gasteiger charge is 1.99. The molecular weight excluding hydrogens is 348 g/mol. The molecule has 0 fully saturated rings. The van der Waals surface area contributed by atoms with Gasteiger partial charge in [-0.15, -0.1) is 0 Å². The van der Waals surface area contributed by atoms with Crippen LogP contribution in [0, 0.1) is 0 Å². The molecule has 6 heteroatoms. The van der Waals surface area contributed by atoms with E-state index in [-0.39, 0.29) is 12.8 Å². The number of carboxylic acid groups (broad SMARTS) is 2. The average Bonchev–Trinajstić information content (AvgIpc) is 2.67. The molecule has 0 atom stereocenters. The third-order valence-corrected chi connectivity index (χ3v) is 3.80. The molecule has 0 radical (unpaired) electrons. The van der Waals surface area contributed by atoms with E-state index in [0.29, 0.717) is 12.8 Å². The number of methoxy groups -OCH3 is 2. The van der Waals surface area contributed by atoms with Crippen LogP contribution < -0.4 is 9.47 Å². The van der Waals surface area contributed by atoms with E-state index in [1.807, 2.05) is 48.5 Å². The minimum atomic E-state index is -0.768. The number of rotatable bonds is 9. The van der Waals surface area contributed by atoms with Gasteiger partial charge >= 0.3 is 11.9 Å². The standard InChI is InChI=1S/C11H14O3.C10H12O3/c1-14-10-7-5-9(6-8-10)3-2-4-11(12)13;1-13-9-5-2-8(3-6-9)4-7-10(11)12/h5-8H,2-4H2,1H3,(H,12,13);2-3,5-6H,4,7H2,1H3,(H,11,12). The molecule has 0 aliphatic heterocycles. The number of carboxylic acids is 2. The number of hydrogen-bond donors (Lipinski definition) is 2. The van der Waals surface area contributed by atoms with Crippen LogP contribution in [0.2, 0.25) is 0 Å². The molecule has 0 saturated heterocycles. The molecule has 2 aromatic rings. The Labute approximate surface area is 159 Å². The Hall–Kier alpha value is -3.02. The number of aryl methyl sites for hydroxylation is 2. The van der Waals surface area contributed by atoms with E-state index in [1.54, 1.807) is 14.2 Å². The quantitative estimate of drug-likeness (QED) is 0.693. The van der Waals surface area contributed by atoms with Gasteiger partial charge in [-0.05, 0) is 54.7 Å². The van der Waals surface area contributed by atoms with Crippen molar-refractivity contribution in [3.8, 4) is 11.5 Å². The Bertz CT molecular complexity index is 692. The topological polar surface area (TPSA) is 93.1 Å². The molecule has 0 aromatic heterocycles. The van der Waals surface area contributed by atoms with Crippen molar-refractivity contribution in [2.75, 3.05) is 14.2 Å². The van der Waals surface area contributed by atoms with Crippen LogP contribution >= 0.6 is 0 Å². The van der Waals surface area contributed by atoms with E-state index in [1.165, 1.54) is 0 Å². The van der Waals surface area contributed by atoms with Crippen molar-refractivity contribution >= 4 is 11.9 Å². The van der Waals surface area contributed by atoms with Crippen LogP contribution in [0.25, 0.3) is 0 Å². The van der Waals surface area contributed by atoms with E-state index < -0.39 is 11.9 Å². The van der Waals surface area contributed by atoms with Gasteiger partial charge < -0.3 is 19.7 Å². The molecule has 2 N–H and O–H groups in total. The maximum Gasteiger partial charge on any atom is 0.303 e. The first-order valence-electron chi connectivity index (χ1n) is 8.64. The molecular formula is C21H26O6. The summed E-state index contributed by atoms with van der Waals surface area (Å²) < 4.78 is 10.00. The minimum Gasteiger partial charge on any atom is -0.497 e. The second kappa shape index (κ2) is 12.4. The molecule has 27 heavy (non-hydrogen) atoms. The molecule has 0 spiro atoms. The molecule has 0 saturated carbocycles. The summed E-state index contributed by atoms with van der Waals surface area (Å²) in [5.74, 6) is 0.111. The van der Waals surface area contributed by atoms with Gasteiger partial charge in [0.15, 0.2) is 0 Å². The van der Waals surface area contributed by atoms with Crippen LogP contribution in [-0.4, -0.2) is 36.4 Å². The van der Waals surface area contributed by atoms with E-state index >= 15 is 0 Å². The number of carbonyl (C=O) groups is 2. The summed E-state index contributed by atoms with van der Waals surface area (Å²) in [7, 11) is 3.23. The first-order valence-corrected chi connectivity index (χ1v) is 8.64. The van der Waals surface area contributed by atoms with Crippen molar-refractivity contribution < 1.29 is 29.3 Å². The Morgan fingerprint density at radius 1 is 0.704 bits per heavy atom. The molecule has 146 valence electrons. The van der Waals surface area contributed by atoms with Gasteiger partial charge in [-0.3, -0.25) is 9.59 Å². The molecule has 0 bridgehead atoms. The number of benzene rings is 2. The molecule has 6 nitrogen and oxygen atoms in total. The van der Waals surface area contributed by atoms with Gasteiger partial charge in [-0.2, -0.15) is 0 Å². The maximum atomic E-state index is 10.3. The summed E-state index contributed by atoms with van der Waals surface area (Å²) in [6, 6.07) is 15.1. The van der Waals surface area contributed by atoms with Crippen molar-refractivity contribution in [2.24, 2.45) is 0 Å². The van der Waals surface area contributed by atoms with Crippen LogP contribution in [0.1, 0.15) is 30.4 Å². The fourth-order valence-corrected chi connectivity index (χ4v) is 2.28. The first kappa shape index (κ1) is 22.0. The Morgan fingerprint density at radius 3 is 1.48 bits per heavy atom. The third-order valence-electron chi connectivity index (χ3n) is 3.80. The SMILES string of the molecule is COc1ccc(CCC(=O)O)cc1.COc1ccc(CCCC(=O)O)cc1. The van der Waals surface area contributed by atoms with Crippen LogP contribution in [0.4, 0.5) is 0 Å². The maximum absolute atomic E-state index is 10.3. The fourth-order valence-electron chi connectivity index (χ4n) is 2.28. The van der Waals surface area contributed by atoms with Crippen LogP contribution in [0.3, 0.4) is 0 Å². The van der Waals surface area contributed by atoms with Gasteiger partial charge in [0.05, 0.1) is 14.2 Å². The molecule has 2 aromatic carbocycles. The van der Waals surface area contributed by atoms with E-state index in [4.69, 9.17) is 19.7 Å². The third kappa shape index (κ3) is 9.89. The monoisotopic (exact) mass is 374 g/mol. The summed E-state index contributed by atoms with van der Waals surface area (Å²) in [5, 5.41) is 16.9. The zero-order chi connectivity index (χ0) is 20.1. The lowest BCUT2D eigenvalue weighted by atomic mass is 10.1. The van der Waals surface area contributed by atoms with E-state index in [2.05, 4.69) is 0 Å². The fraction of sp³-hybridized carbons (Fsp3) is 0.333. The Balaban J connectivity index is 0.000000271. The Morgan fingerprint density at radius 2 is 1.11 bits per heavy atom. The van der Waals surface area contributed by atoms with E-state index in [0.717, 1.165) is 29.0 Å². The molecule has 2 rings (SSSR count). The van der Waals surface area contributed by atoms with Gasteiger partial charge in [0.25, 0.3) is 0 Å². The number of aliphatic carboxylic acids is 2. The predicted octanol–water partition coefficient (Wildman–Crippen LogP) is 3.81. The summed E-state index contributed by atoms with van der Waals surface area (Å²) >= 11 is 0. The molecule has 0 aliphatic carbocycles. The number of hydrogen-bond acceptors (Lipinski definition) is 4. The predicted molar refractivity (Wildman–Crippen MR) is 103 cm³/mol. The van der Waals surface area contributed by atoms with Crippen molar-refractivity contribution in [3.05, 3.63) is 59.7 Å². The van der Waals surface area contributed by atoms with Gasteiger partial charge in [0, 0.05) is 12.8 Å². The Kier molecular flexibility index (Phi) is 10.1. The van der Waals surface area contributed by atoms with Crippen molar-refractivity contribution in [1.29, 1.82) is 0 Å². The van der Waals surface area contributed by atoms with Crippen molar-refractivity contribution in [2.45, 2.75) is 32.1 Å². The van der Waals surface area contributed by atoms with Crippen molar-refractivity contribution in [1.82, 2.24) is 0 Å². The minimum absolute atomic E-state index is 0.173. The molecule has 0 aliphatic rings. The highest BCUT2D eigenvalue weighted by Crippen LogP contribution is 2.13. The normalized spacial score (nSPS) is 9.70. The second-order valence-electron chi connectivity index (χ2n) is 5.84. The molecule has 0 heterocycles. The smallest absolute Gasteiger partial charge is 0.303 e. The summed E-state index contributed by atoms with van der Waals surface area (Å²) in [4.78, 5) is 20.5. The van der Waals surface area contributed by atoms with E-state index in [9.17, 15) is 9.59 Å². The zero-order valence-electron chi connectivity index (χ0n) is 15.7. The van der Waals surface area contributed by atoms with Crippen LogP contribution in [-0.2, 0) is 22.4 Å². The lowest BCUT2D eigenvalue weighted by molar-refractivity contribution is -0.138. The first-order chi connectivity index (χ1) is 12.9. The summed E-state index contributed by atoms with van der Waals surface area (Å²) in [6.07, 6.45) is 2.45. The van der Waals surface area contributed by atoms with Crippen LogP contribution in [0.5, 0.6) is 11.5 Å². The van der Waals surface area contributed by atoms with Gasteiger partial charge in [0.1, 0.15) is 11.5 Å². The number of ether oxygens (including phenoxy) is 2. The largest absolute Gasteiger partial charge is 0.497 e. The lowest BCUT2D eigenvalue weighted by Crippen LogP contribution is -1.97. The molecule has 0 unspecified atom stereocenters. The van der Waals surface area contributed by atoms with Gasteiger partial charge in [-0.1, -0.05) is 24.3 Å². The second-order valence-corrected chi connectivity index (χ2v) is 5.84. The molecule has 0 amide bonds. The highest BCUT2D eigenvalue weighted by molar-refractivity contribution is 5.67. The lowest BCUT2D eigenvalue weighted by Gasteiger charge is -2.02. The summed E-state index contributed by atoms with van der Waals surface area (Å²) in [6.45, 7) is 0. The van der Waals surface area contributed by atoms with Crippen molar-refractivity contribution in [3.63, 3.8) is 0 Å². The zero-order valence-corrected chi connectivity index (χ0v) is 15.7. The highest BCUT2D eigenvalue weighted by atomic mass is 16.5. The van der Waals surface area contributed by atoms with Crippen LogP contribution in [0.15, 0.2) is 48.5 Å². The average molecular weight is 374 g/mol. The summed E-state index contributed by atoms with van der Waals surface area (Å²) in [5.41, 5.74) is 2.16.